The molecule has 0 aromatic heterocycles. The molecule has 2 fully saturated rings. The average Bonchev–Trinajstić information content (AvgIpc) is 3.49. The number of unbranched alkanes of at least 4 members (excludes halogenated alkanes) is 1. The third-order valence-corrected chi connectivity index (χ3v) is 7.89. The van der Waals surface area contributed by atoms with Crippen LogP contribution in [-0.2, 0) is 22.7 Å². The molecule has 1 aliphatic heterocycles. The van der Waals surface area contributed by atoms with Crippen LogP contribution < -0.4 is 0 Å². The molecule has 2 saturated carbocycles. The zero-order valence-corrected chi connectivity index (χ0v) is 21.2. The molecule has 1 amide bonds. The highest BCUT2D eigenvalue weighted by molar-refractivity contribution is 7.80. The highest BCUT2D eigenvalue weighted by atomic mass is 32.1. The van der Waals surface area contributed by atoms with Crippen LogP contribution in [0.5, 0.6) is 0 Å². The summed E-state index contributed by atoms with van der Waals surface area (Å²) in [6.45, 7) is 4.18. The lowest BCUT2D eigenvalue weighted by Gasteiger charge is -2.23. The van der Waals surface area contributed by atoms with Gasteiger partial charge in [0.05, 0.1) is 13.2 Å². The van der Waals surface area contributed by atoms with Crippen LogP contribution >= 0.6 is 12.6 Å². The molecule has 1 spiro atoms. The quantitative estimate of drug-likeness (QED) is 0.383. The molecule has 2 aromatic carbocycles. The number of amidine groups is 1. The fraction of sp³-hybridized carbons (Fsp3) is 0.517. The fourth-order valence-corrected chi connectivity index (χ4v) is 5.61. The number of benzene rings is 2. The van der Waals surface area contributed by atoms with Crippen LogP contribution in [0.1, 0.15) is 75.8 Å². The van der Waals surface area contributed by atoms with Gasteiger partial charge in [0.25, 0.3) is 5.91 Å². The Balaban J connectivity index is 1.41. The molecule has 0 saturated heterocycles. The summed E-state index contributed by atoms with van der Waals surface area (Å²) < 4.78 is 6.11. The van der Waals surface area contributed by atoms with Gasteiger partial charge in [-0.25, -0.2) is 0 Å². The van der Waals surface area contributed by atoms with Crippen LogP contribution in [0.25, 0.3) is 11.1 Å². The Morgan fingerprint density at radius 2 is 1.91 bits per heavy atom. The largest absolute Gasteiger partial charge is 0.376 e. The van der Waals surface area contributed by atoms with Crippen molar-refractivity contribution >= 4 is 24.4 Å². The van der Waals surface area contributed by atoms with Gasteiger partial charge in [0.1, 0.15) is 11.4 Å². The first-order valence-corrected chi connectivity index (χ1v) is 13.4. The summed E-state index contributed by atoms with van der Waals surface area (Å²) in [4.78, 5) is 21.6. The van der Waals surface area contributed by atoms with Crippen molar-refractivity contribution in [3.63, 3.8) is 0 Å². The van der Waals surface area contributed by atoms with E-state index in [9.17, 15) is 4.79 Å². The van der Waals surface area contributed by atoms with Gasteiger partial charge in [-0.2, -0.15) is 0 Å². The van der Waals surface area contributed by atoms with Crippen molar-refractivity contribution in [3.8, 4) is 11.1 Å². The van der Waals surface area contributed by atoms with E-state index in [4.69, 9.17) is 22.4 Å². The lowest BCUT2D eigenvalue weighted by atomic mass is 9.96. The van der Waals surface area contributed by atoms with Crippen LogP contribution in [0.15, 0.2) is 52.4 Å². The van der Waals surface area contributed by atoms with E-state index in [0.717, 1.165) is 90.5 Å². The van der Waals surface area contributed by atoms with Gasteiger partial charge in [-0.3, -0.25) is 14.7 Å². The first kappa shape index (κ1) is 23.6. The standard InChI is InChI=1S/C29H36N2O2S/c1-2-3-10-27-30-29(15-6-7-16-29)28(32)31(27)18-22-13-14-24(25-8-4-5-9-26(25)34)23(17-22)20-33-19-21-11-12-21/h4-5,8-9,13-14,17,21,34H,2-3,6-7,10-12,15-16,18-20H2,1H3. The molecule has 0 radical (unpaired) electrons. The second-order valence-electron chi connectivity index (χ2n) is 10.2. The Hall–Kier alpha value is -2.11. The molecule has 34 heavy (non-hydrogen) atoms. The summed E-state index contributed by atoms with van der Waals surface area (Å²) in [5.41, 5.74) is 4.09. The van der Waals surface area contributed by atoms with Gasteiger partial charge in [0.15, 0.2) is 0 Å². The number of carbonyl (C=O) groups is 1. The minimum absolute atomic E-state index is 0.215. The predicted octanol–water partition coefficient (Wildman–Crippen LogP) is 6.81. The Morgan fingerprint density at radius 3 is 2.65 bits per heavy atom. The number of amides is 1. The normalized spacial score (nSPS) is 19.3. The van der Waals surface area contributed by atoms with Gasteiger partial charge < -0.3 is 4.74 Å². The maximum Gasteiger partial charge on any atom is 0.256 e. The minimum atomic E-state index is -0.482. The summed E-state index contributed by atoms with van der Waals surface area (Å²) in [5, 5.41) is 0. The SMILES string of the molecule is CCCCC1=NC2(CCCC2)C(=O)N1Cc1ccc(-c2ccccc2S)c(COCC2CC2)c1. The monoisotopic (exact) mass is 476 g/mol. The van der Waals surface area contributed by atoms with Crippen molar-refractivity contribution in [1.29, 1.82) is 0 Å². The van der Waals surface area contributed by atoms with E-state index in [2.05, 4.69) is 37.3 Å². The van der Waals surface area contributed by atoms with Gasteiger partial charge in [-0.15, -0.1) is 12.6 Å². The number of carbonyl (C=O) groups excluding carboxylic acids is 1. The second kappa shape index (κ2) is 10.2. The molecular weight excluding hydrogens is 440 g/mol. The first-order valence-electron chi connectivity index (χ1n) is 13.0. The number of thiol groups is 1. The summed E-state index contributed by atoms with van der Waals surface area (Å²) in [6, 6.07) is 14.8. The Kier molecular flexibility index (Phi) is 7.12. The van der Waals surface area contributed by atoms with E-state index >= 15 is 0 Å². The molecule has 0 atom stereocenters. The zero-order chi connectivity index (χ0) is 23.5. The molecular formula is C29H36N2O2S. The van der Waals surface area contributed by atoms with Crippen LogP contribution in [0.4, 0.5) is 0 Å². The van der Waals surface area contributed by atoms with Gasteiger partial charge in [0, 0.05) is 17.9 Å². The Morgan fingerprint density at radius 1 is 1.12 bits per heavy atom. The molecule has 5 heteroatoms. The van der Waals surface area contributed by atoms with Gasteiger partial charge in [-0.1, -0.05) is 62.6 Å². The molecule has 3 aliphatic rings. The highest BCUT2D eigenvalue weighted by Gasteiger charge is 2.49. The van der Waals surface area contributed by atoms with Crippen molar-refractivity contribution in [2.45, 2.75) is 88.3 Å². The first-order chi connectivity index (χ1) is 16.6. The van der Waals surface area contributed by atoms with Crippen molar-refractivity contribution < 1.29 is 9.53 Å². The molecule has 5 rings (SSSR count). The highest BCUT2D eigenvalue weighted by Crippen LogP contribution is 2.40. The fourth-order valence-electron chi connectivity index (χ4n) is 5.33. The van der Waals surface area contributed by atoms with Crippen molar-refractivity contribution in [2.75, 3.05) is 6.61 Å². The molecule has 0 bridgehead atoms. The number of rotatable bonds is 10. The maximum absolute atomic E-state index is 13.6. The van der Waals surface area contributed by atoms with Crippen molar-refractivity contribution in [1.82, 2.24) is 4.90 Å². The van der Waals surface area contributed by atoms with Crippen LogP contribution in [0.3, 0.4) is 0 Å². The van der Waals surface area contributed by atoms with E-state index in [1.165, 1.54) is 12.8 Å². The predicted molar refractivity (Wildman–Crippen MR) is 140 cm³/mol. The van der Waals surface area contributed by atoms with Gasteiger partial charge >= 0.3 is 0 Å². The molecule has 1 heterocycles. The zero-order valence-electron chi connectivity index (χ0n) is 20.3. The summed E-state index contributed by atoms with van der Waals surface area (Å²) >= 11 is 4.70. The van der Waals surface area contributed by atoms with E-state index in [0.29, 0.717) is 13.2 Å². The number of hydrogen-bond donors (Lipinski definition) is 1. The Labute approximate surface area is 209 Å². The number of hydrogen-bond acceptors (Lipinski definition) is 4. The summed E-state index contributed by atoms with van der Waals surface area (Å²) in [5.74, 6) is 1.93. The Bertz CT molecular complexity index is 1070. The topological polar surface area (TPSA) is 41.9 Å². The second-order valence-corrected chi connectivity index (χ2v) is 10.7. The van der Waals surface area contributed by atoms with E-state index in [-0.39, 0.29) is 5.91 Å². The number of nitrogens with zero attached hydrogens (tertiary/aromatic N) is 2. The third-order valence-electron chi connectivity index (χ3n) is 7.50. The molecule has 0 N–H and O–H groups in total. The van der Waals surface area contributed by atoms with Crippen LogP contribution in [0, 0.1) is 5.92 Å². The minimum Gasteiger partial charge on any atom is -0.376 e. The van der Waals surface area contributed by atoms with E-state index < -0.39 is 5.54 Å². The molecule has 2 aliphatic carbocycles. The van der Waals surface area contributed by atoms with Gasteiger partial charge in [-0.05, 0) is 66.3 Å². The van der Waals surface area contributed by atoms with E-state index in [1.807, 2.05) is 17.0 Å². The molecule has 2 aromatic rings. The van der Waals surface area contributed by atoms with E-state index in [1.54, 1.807) is 0 Å². The lowest BCUT2D eigenvalue weighted by molar-refractivity contribution is -0.131. The lowest BCUT2D eigenvalue weighted by Crippen LogP contribution is -2.40. The maximum atomic E-state index is 13.6. The number of ether oxygens (including phenoxy) is 1. The van der Waals surface area contributed by atoms with Crippen LogP contribution in [0.2, 0.25) is 0 Å². The van der Waals surface area contributed by atoms with Crippen molar-refractivity contribution in [2.24, 2.45) is 10.9 Å². The average molecular weight is 477 g/mol. The number of aliphatic imine (C=N–C) groups is 1. The van der Waals surface area contributed by atoms with Gasteiger partial charge in [0.2, 0.25) is 0 Å². The van der Waals surface area contributed by atoms with Crippen LogP contribution in [-0.4, -0.2) is 28.8 Å². The van der Waals surface area contributed by atoms with Crippen molar-refractivity contribution in [3.05, 3.63) is 53.6 Å². The molecule has 180 valence electrons. The molecule has 4 nitrogen and oxygen atoms in total. The smallest absolute Gasteiger partial charge is 0.256 e. The summed E-state index contributed by atoms with van der Waals surface area (Å²) in [7, 11) is 0. The summed E-state index contributed by atoms with van der Waals surface area (Å²) in [6.07, 6.45) is 9.62. The molecule has 0 unspecified atom stereocenters. The third kappa shape index (κ3) is 4.96.